The third-order valence-electron chi connectivity index (χ3n) is 4.56. The molecule has 8 heteroatoms. The Kier molecular flexibility index (Phi) is 5.04. The topological polar surface area (TPSA) is 65.5 Å². The Morgan fingerprint density at radius 3 is 2.81 bits per heavy atom. The number of hydrogen-bond acceptors (Lipinski definition) is 4. The van der Waals surface area contributed by atoms with Gasteiger partial charge in [0.05, 0.1) is 11.1 Å². The number of carbonyl (C=O) groups is 1. The first-order valence-corrected chi connectivity index (χ1v) is 8.39. The molecule has 3 rings (SSSR count). The van der Waals surface area contributed by atoms with Gasteiger partial charge in [-0.3, -0.25) is 9.78 Å². The van der Waals surface area contributed by atoms with Crippen molar-refractivity contribution in [3.8, 4) is 0 Å². The second-order valence-corrected chi connectivity index (χ2v) is 6.70. The molecular weight excluding hydrogens is 347 g/mol. The zero-order valence-electron chi connectivity index (χ0n) is 14.3. The maximum atomic E-state index is 13.3. The fraction of sp³-hybridized carbons (Fsp3) is 0.444. The van der Waals surface area contributed by atoms with Gasteiger partial charge in [-0.25, -0.2) is 0 Å². The minimum Gasteiger partial charge on any atom is -0.387 e. The van der Waals surface area contributed by atoms with Crippen molar-refractivity contribution in [2.24, 2.45) is 5.92 Å². The van der Waals surface area contributed by atoms with E-state index in [-0.39, 0.29) is 17.5 Å². The van der Waals surface area contributed by atoms with Gasteiger partial charge in [0.2, 0.25) is 5.91 Å². The number of amides is 1. The standard InChI is InChI=1S/C18H20F3N3O2/c1-11-7-12(23-16(26)10-25)9-24(8-11)15-5-4-14(18(19,20)21)17-13(15)3-2-6-22-17/h2-6,11-12,25H,7-10H2,1H3,(H,23,26)/t11-,12?/m0/s1. The molecule has 1 aliphatic heterocycles. The summed E-state index contributed by atoms with van der Waals surface area (Å²) in [4.78, 5) is 17.4. The number of nitrogens with zero attached hydrogens (tertiary/aromatic N) is 2. The Labute approximate surface area is 148 Å². The summed E-state index contributed by atoms with van der Waals surface area (Å²) < 4.78 is 39.8. The average molecular weight is 367 g/mol. The number of carbonyl (C=O) groups excluding carboxylic acids is 1. The number of alkyl halides is 3. The van der Waals surface area contributed by atoms with Crippen LogP contribution in [-0.4, -0.2) is 41.7 Å². The van der Waals surface area contributed by atoms with Crippen molar-refractivity contribution in [1.82, 2.24) is 10.3 Å². The van der Waals surface area contributed by atoms with E-state index in [2.05, 4.69) is 10.3 Å². The molecule has 0 aliphatic carbocycles. The van der Waals surface area contributed by atoms with Crippen LogP contribution in [0.25, 0.3) is 10.9 Å². The van der Waals surface area contributed by atoms with Crippen LogP contribution in [0, 0.1) is 5.92 Å². The molecule has 1 aliphatic rings. The second-order valence-electron chi connectivity index (χ2n) is 6.70. The number of halogens is 3. The van der Waals surface area contributed by atoms with Gasteiger partial charge in [0.15, 0.2) is 0 Å². The number of anilines is 1. The van der Waals surface area contributed by atoms with Crippen LogP contribution in [0.5, 0.6) is 0 Å². The van der Waals surface area contributed by atoms with E-state index >= 15 is 0 Å². The molecule has 0 spiro atoms. The first-order valence-electron chi connectivity index (χ1n) is 8.39. The molecule has 1 aromatic heterocycles. The fourth-order valence-corrected chi connectivity index (χ4v) is 3.59. The van der Waals surface area contributed by atoms with Crippen molar-refractivity contribution < 1.29 is 23.1 Å². The first kappa shape index (κ1) is 18.4. The summed E-state index contributed by atoms with van der Waals surface area (Å²) in [5.74, 6) is -0.218. The molecule has 2 aromatic rings. The van der Waals surface area contributed by atoms with E-state index in [0.29, 0.717) is 24.2 Å². The molecule has 0 bridgehead atoms. The number of hydrogen-bond donors (Lipinski definition) is 2. The lowest BCUT2D eigenvalue weighted by molar-refractivity contribution is -0.136. The molecular formula is C18H20F3N3O2. The van der Waals surface area contributed by atoms with Gasteiger partial charge in [0, 0.05) is 36.4 Å². The largest absolute Gasteiger partial charge is 0.418 e. The Balaban J connectivity index is 1.98. The van der Waals surface area contributed by atoms with E-state index in [0.717, 1.165) is 12.5 Å². The summed E-state index contributed by atoms with van der Waals surface area (Å²) >= 11 is 0. The number of aromatic nitrogens is 1. The number of rotatable bonds is 3. The minimum absolute atomic E-state index is 0.0772. The summed E-state index contributed by atoms with van der Waals surface area (Å²) in [7, 11) is 0. The molecule has 2 atom stereocenters. The van der Waals surface area contributed by atoms with Gasteiger partial charge in [0.25, 0.3) is 0 Å². The number of aliphatic hydroxyl groups excluding tert-OH is 1. The van der Waals surface area contributed by atoms with Gasteiger partial charge in [-0.15, -0.1) is 0 Å². The normalized spacial score (nSPS) is 21.0. The van der Waals surface area contributed by atoms with E-state index in [4.69, 9.17) is 5.11 Å². The third kappa shape index (κ3) is 3.75. The number of aliphatic hydroxyl groups is 1. The summed E-state index contributed by atoms with van der Waals surface area (Å²) in [6, 6.07) is 5.60. The van der Waals surface area contributed by atoms with Crippen molar-refractivity contribution in [2.45, 2.75) is 25.6 Å². The lowest BCUT2D eigenvalue weighted by atomic mass is 9.94. The predicted octanol–water partition coefficient (Wildman–Crippen LogP) is 2.58. The fourth-order valence-electron chi connectivity index (χ4n) is 3.59. The van der Waals surface area contributed by atoms with E-state index in [9.17, 15) is 18.0 Å². The highest BCUT2D eigenvalue weighted by Gasteiger charge is 2.34. The average Bonchev–Trinajstić information content (AvgIpc) is 2.59. The molecule has 1 aromatic carbocycles. The molecule has 2 heterocycles. The van der Waals surface area contributed by atoms with Crippen LogP contribution >= 0.6 is 0 Å². The van der Waals surface area contributed by atoms with Crippen LogP contribution in [0.1, 0.15) is 18.9 Å². The SMILES string of the molecule is C[C@H]1CC(NC(=O)CO)CN(c2ccc(C(F)(F)F)c3ncccc23)C1. The number of nitrogens with one attached hydrogen (secondary N) is 1. The van der Waals surface area contributed by atoms with Crippen LogP contribution in [-0.2, 0) is 11.0 Å². The van der Waals surface area contributed by atoms with Crippen molar-refractivity contribution in [2.75, 3.05) is 24.6 Å². The van der Waals surface area contributed by atoms with E-state index in [1.807, 2.05) is 11.8 Å². The first-order chi connectivity index (χ1) is 12.3. The summed E-state index contributed by atoms with van der Waals surface area (Å²) in [5, 5.41) is 12.1. The lowest BCUT2D eigenvalue weighted by Crippen LogP contribution is -2.51. The molecule has 26 heavy (non-hydrogen) atoms. The van der Waals surface area contributed by atoms with Crippen LogP contribution in [0.2, 0.25) is 0 Å². The molecule has 1 amide bonds. The highest BCUT2D eigenvalue weighted by molar-refractivity contribution is 5.94. The highest BCUT2D eigenvalue weighted by atomic mass is 19.4. The molecule has 1 fully saturated rings. The molecule has 5 nitrogen and oxygen atoms in total. The Hall–Kier alpha value is -2.35. The summed E-state index contributed by atoms with van der Waals surface area (Å²) in [5.41, 5.74) is -0.172. The van der Waals surface area contributed by atoms with Gasteiger partial charge < -0.3 is 15.3 Å². The molecule has 1 unspecified atom stereocenters. The van der Waals surface area contributed by atoms with Gasteiger partial charge in [-0.1, -0.05) is 6.92 Å². The number of fused-ring (bicyclic) bond motifs is 1. The summed E-state index contributed by atoms with van der Waals surface area (Å²) in [6.45, 7) is 2.57. The minimum atomic E-state index is -4.47. The second kappa shape index (κ2) is 7.11. The predicted molar refractivity (Wildman–Crippen MR) is 91.8 cm³/mol. The maximum Gasteiger partial charge on any atom is 0.418 e. The quantitative estimate of drug-likeness (QED) is 0.875. The number of benzene rings is 1. The zero-order valence-corrected chi connectivity index (χ0v) is 14.3. The van der Waals surface area contributed by atoms with Gasteiger partial charge in [-0.05, 0) is 36.6 Å². The van der Waals surface area contributed by atoms with Crippen molar-refractivity contribution in [3.63, 3.8) is 0 Å². The molecule has 2 N–H and O–H groups in total. The number of pyridine rings is 1. The lowest BCUT2D eigenvalue weighted by Gasteiger charge is -2.38. The van der Waals surface area contributed by atoms with Gasteiger partial charge in [-0.2, -0.15) is 13.2 Å². The van der Waals surface area contributed by atoms with Crippen LogP contribution in [0.3, 0.4) is 0 Å². The Bertz CT molecular complexity index is 810. The smallest absolute Gasteiger partial charge is 0.387 e. The van der Waals surface area contributed by atoms with Crippen LogP contribution in [0.4, 0.5) is 18.9 Å². The Morgan fingerprint density at radius 2 is 2.12 bits per heavy atom. The highest BCUT2D eigenvalue weighted by Crippen LogP contribution is 2.38. The van der Waals surface area contributed by atoms with Gasteiger partial charge in [0.1, 0.15) is 6.61 Å². The number of piperidine rings is 1. The van der Waals surface area contributed by atoms with E-state index < -0.39 is 24.3 Å². The zero-order chi connectivity index (χ0) is 18.9. The van der Waals surface area contributed by atoms with Crippen LogP contribution < -0.4 is 10.2 Å². The van der Waals surface area contributed by atoms with Gasteiger partial charge >= 0.3 is 6.18 Å². The Morgan fingerprint density at radius 1 is 1.35 bits per heavy atom. The third-order valence-corrected chi connectivity index (χ3v) is 4.56. The summed E-state index contributed by atoms with van der Waals surface area (Å²) in [6.07, 6.45) is -2.37. The molecule has 0 saturated carbocycles. The molecule has 1 saturated heterocycles. The van der Waals surface area contributed by atoms with E-state index in [1.54, 1.807) is 12.1 Å². The molecule has 140 valence electrons. The van der Waals surface area contributed by atoms with Crippen molar-refractivity contribution in [3.05, 3.63) is 36.0 Å². The molecule has 0 radical (unpaired) electrons. The van der Waals surface area contributed by atoms with Crippen molar-refractivity contribution >= 4 is 22.5 Å². The monoisotopic (exact) mass is 367 g/mol. The van der Waals surface area contributed by atoms with E-state index in [1.165, 1.54) is 12.3 Å². The van der Waals surface area contributed by atoms with Crippen LogP contribution in [0.15, 0.2) is 30.5 Å². The van der Waals surface area contributed by atoms with Crippen molar-refractivity contribution in [1.29, 1.82) is 0 Å². The maximum absolute atomic E-state index is 13.3.